The highest BCUT2D eigenvalue weighted by atomic mass is 13.6. The van der Waals surface area contributed by atoms with Gasteiger partial charge in [0.05, 0.1) is 0 Å². The Morgan fingerprint density at radius 3 is 1.06 bits per heavy atom. The molecule has 0 heterocycles. The molecule has 0 aliphatic carbocycles. The lowest BCUT2D eigenvalue weighted by molar-refractivity contribution is 1.92. The summed E-state index contributed by atoms with van der Waals surface area (Å²) in [7, 11) is 0. The quantitative estimate of drug-likeness (QED) is 0.403. The van der Waals surface area contributed by atoms with Crippen molar-refractivity contribution in [3.05, 3.63) is 6.42 Å². The highest BCUT2D eigenvalue weighted by Gasteiger charge is 1.56. The summed E-state index contributed by atoms with van der Waals surface area (Å²) in [6.07, 6.45) is 6.47. The number of hydrogen-bond donors (Lipinski definition) is 0. The Labute approximate surface area is 103 Å². The van der Waals surface area contributed by atoms with Crippen LogP contribution in [0, 0.1) is 95.2 Å². The van der Waals surface area contributed by atoms with Gasteiger partial charge in [0.15, 0.2) is 0 Å². The van der Waals surface area contributed by atoms with Crippen LogP contribution in [0.3, 0.4) is 0 Å². The average Bonchev–Trinajstić information content (AvgIpc) is 2.35. The van der Waals surface area contributed by atoms with Crippen molar-refractivity contribution in [2.75, 3.05) is 0 Å². The molecule has 0 bridgehead atoms. The molecule has 0 spiro atoms. The van der Waals surface area contributed by atoms with Crippen LogP contribution in [0.2, 0.25) is 0 Å². The molecular formula is C17H3-. The fourth-order valence-corrected chi connectivity index (χ4v) is 0.438. The van der Waals surface area contributed by atoms with Crippen LogP contribution in [-0.4, -0.2) is 0 Å². The van der Waals surface area contributed by atoms with E-state index in [-0.39, 0.29) is 0 Å². The van der Waals surface area contributed by atoms with E-state index in [1.807, 2.05) is 5.92 Å². The molecule has 0 unspecified atom stereocenters. The summed E-state index contributed by atoms with van der Waals surface area (Å²) in [4.78, 5) is 0. The lowest BCUT2D eigenvalue weighted by atomic mass is 10.5. The largest absolute Gasteiger partial charge is 0.358 e. The average molecular weight is 207 g/mol. The summed E-state index contributed by atoms with van der Waals surface area (Å²) in [5.74, 6) is 36.3. The molecule has 0 nitrogen and oxygen atoms in total. The molecular weight excluding hydrogens is 204 g/mol. The maximum atomic E-state index is 6.47. The van der Waals surface area contributed by atoms with Crippen LogP contribution in [0.4, 0.5) is 0 Å². The smallest absolute Gasteiger partial charge is 0.0000000000391 e. The molecule has 0 aliphatic rings. The molecule has 72 valence electrons. The molecule has 0 aromatic heterocycles. The summed E-state index contributed by atoms with van der Waals surface area (Å²) in [6, 6.07) is 0. The van der Waals surface area contributed by atoms with Crippen LogP contribution in [0.15, 0.2) is 0 Å². The normalized spacial score (nSPS) is 3.76. The third-order valence-electron chi connectivity index (χ3n) is 0.938. The molecule has 0 rings (SSSR count). The van der Waals surface area contributed by atoms with Crippen molar-refractivity contribution < 1.29 is 0 Å². The van der Waals surface area contributed by atoms with Crippen LogP contribution >= 0.6 is 0 Å². The Bertz CT molecular complexity index is 734. The Morgan fingerprint density at radius 1 is 0.471 bits per heavy atom. The molecule has 0 saturated heterocycles. The van der Waals surface area contributed by atoms with Crippen LogP contribution in [0.1, 0.15) is 6.92 Å². The summed E-state index contributed by atoms with van der Waals surface area (Å²) >= 11 is 0. The van der Waals surface area contributed by atoms with Gasteiger partial charge in [-0.3, -0.25) is 5.92 Å². The third-order valence-corrected chi connectivity index (χ3v) is 0.938. The van der Waals surface area contributed by atoms with E-state index in [4.69, 9.17) is 6.42 Å². The molecule has 0 heteroatoms. The van der Waals surface area contributed by atoms with Crippen molar-refractivity contribution in [3.8, 4) is 88.8 Å². The lowest BCUT2D eigenvalue weighted by Crippen LogP contribution is -1.55. The lowest BCUT2D eigenvalue weighted by Gasteiger charge is -1.63. The molecule has 0 aromatic carbocycles. The SMILES string of the molecule is [C-]#CC#CC#CC#CC#CC#CC#CC#CC. The molecule has 0 saturated carbocycles. The predicted octanol–water partition coefficient (Wildman–Crippen LogP) is 0.620. The molecule has 17 heavy (non-hydrogen) atoms. The van der Waals surface area contributed by atoms with E-state index < -0.39 is 0 Å². The molecule has 0 aliphatic heterocycles. The van der Waals surface area contributed by atoms with Gasteiger partial charge in [0.25, 0.3) is 0 Å². The Hall–Kier alpha value is -3.52. The van der Waals surface area contributed by atoms with Crippen molar-refractivity contribution in [2.45, 2.75) is 6.92 Å². The molecule has 0 aromatic rings. The van der Waals surface area contributed by atoms with E-state index in [9.17, 15) is 0 Å². The molecule has 0 radical (unpaired) electrons. The van der Waals surface area contributed by atoms with Gasteiger partial charge >= 0.3 is 0 Å². The minimum absolute atomic E-state index is 1.70. The van der Waals surface area contributed by atoms with Gasteiger partial charge in [-0.1, -0.05) is 5.92 Å². The van der Waals surface area contributed by atoms with Crippen LogP contribution < -0.4 is 0 Å². The molecule has 0 N–H and O–H groups in total. The highest BCUT2D eigenvalue weighted by molar-refractivity contribution is 5.45. The maximum Gasteiger partial charge on any atom is -0.0000000000391 e. The van der Waals surface area contributed by atoms with Crippen LogP contribution in [0.5, 0.6) is 0 Å². The van der Waals surface area contributed by atoms with E-state index in [1.54, 1.807) is 6.92 Å². The first kappa shape index (κ1) is 13.5. The van der Waals surface area contributed by atoms with E-state index in [0.717, 1.165) is 0 Å². The summed E-state index contributed by atoms with van der Waals surface area (Å²) < 4.78 is 0. The molecule has 0 amide bonds. The van der Waals surface area contributed by atoms with Gasteiger partial charge in [0.1, 0.15) is 0 Å². The molecule has 0 atom stereocenters. The number of rotatable bonds is 0. The van der Waals surface area contributed by atoms with Crippen molar-refractivity contribution in [1.29, 1.82) is 0 Å². The Morgan fingerprint density at radius 2 is 0.765 bits per heavy atom. The zero-order chi connectivity index (χ0) is 12.6. The second kappa shape index (κ2) is 12.5. The van der Waals surface area contributed by atoms with Gasteiger partial charge in [0, 0.05) is 0 Å². The third kappa shape index (κ3) is 12.5. The van der Waals surface area contributed by atoms with Crippen molar-refractivity contribution in [2.24, 2.45) is 0 Å². The highest BCUT2D eigenvalue weighted by Crippen LogP contribution is 1.57. The maximum absolute atomic E-state index is 6.47. The minimum Gasteiger partial charge on any atom is -0.358 e. The van der Waals surface area contributed by atoms with Gasteiger partial charge in [-0.15, -0.1) is 5.92 Å². The Kier molecular flexibility index (Phi) is 9.90. The van der Waals surface area contributed by atoms with E-state index in [1.165, 1.54) is 0 Å². The standard InChI is InChI=1S/C17H3/c1-3-5-7-9-11-13-15-17-16-14-12-10-8-6-4-2/h1H3/q-1. The van der Waals surface area contributed by atoms with E-state index in [0.29, 0.717) is 0 Å². The second-order valence-corrected chi connectivity index (χ2v) is 2.00. The summed E-state index contributed by atoms with van der Waals surface area (Å²) in [5.41, 5.74) is 0. The monoisotopic (exact) mass is 207 g/mol. The van der Waals surface area contributed by atoms with Gasteiger partial charge in [-0.2, -0.15) is 0 Å². The Balaban J connectivity index is 4.27. The van der Waals surface area contributed by atoms with Crippen LogP contribution in [0.25, 0.3) is 0 Å². The van der Waals surface area contributed by atoms with Crippen molar-refractivity contribution >= 4 is 0 Å². The second-order valence-electron chi connectivity index (χ2n) is 2.00. The number of hydrogen-bond acceptors (Lipinski definition) is 0. The fourth-order valence-electron chi connectivity index (χ4n) is 0.438. The van der Waals surface area contributed by atoms with Crippen LogP contribution in [-0.2, 0) is 0 Å². The van der Waals surface area contributed by atoms with Gasteiger partial charge in [0.2, 0.25) is 0 Å². The first-order valence-corrected chi connectivity index (χ1v) is 4.25. The zero-order valence-electron chi connectivity index (χ0n) is 9.00. The zero-order valence-corrected chi connectivity index (χ0v) is 9.00. The van der Waals surface area contributed by atoms with E-state index in [2.05, 4.69) is 82.9 Å². The van der Waals surface area contributed by atoms with Gasteiger partial charge < -0.3 is 6.42 Å². The first-order chi connectivity index (χ1) is 8.41. The van der Waals surface area contributed by atoms with Gasteiger partial charge in [-0.05, 0) is 72.0 Å². The van der Waals surface area contributed by atoms with Gasteiger partial charge in [-0.25, -0.2) is 5.92 Å². The summed E-state index contributed by atoms with van der Waals surface area (Å²) in [5, 5.41) is 0. The van der Waals surface area contributed by atoms with E-state index >= 15 is 0 Å². The predicted molar refractivity (Wildman–Crippen MR) is 67.2 cm³/mol. The fraction of sp³-hybridized carbons (Fsp3) is 0.0588. The topological polar surface area (TPSA) is 0 Å². The van der Waals surface area contributed by atoms with Crippen molar-refractivity contribution in [1.82, 2.24) is 0 Å². The molecule has 0 fully saturated rings. The minimum atomic E-state index is 1.70. The summed E-state index contributed by atoms with van der Waals surface area (Å²) in [6.45, 7) is 1.70. The van der Waals surface area contributed by atoms with Crippen molar-refractivity contribution in [3.63, 3.8) is 0 Å². The first-order valence-electron chi connectivity index (χ1n) is 4.25.